The summed E-state index contributed by atoms with van der Waals surface area (Å²) in [5.74, 6) is -2.52. The summed E-state index contributed by atoms with van der Waals surface area (Å²) in [4.78, 5) is 23.1. The molecule has 0 aliphatic heterocycles. The van der Waals surface area contributed by atoms with Crippen LogP contribution >= 0.6 is 11.6 Å². The molecule has 0 radical (unpaired) electrons. The summed E-state index contributed by atoms with van der Waals surface area (Å²) in [6.07, 6.45) is -4.98. The first-order chi connectivity index (χ1) is 10.7. The number of rotatable bonds is 3. The molecule has 0 saturated heterocycles. The van der Waals surface area contributed by atoms with Crippen LogP contribution in [0.1, 0.15) is 15.9 Å². The minimum atomic E-state index is -4.98. The van der Waals surface area contributed by atoms with Gasteiger partial charge >= 0.3 is 12.1 Å². The fourth-order valence-electron chi connectivity index (χ4n) is 1.79. The van der Waals surface area contributed by atoms with Gasteiger partial charge in [0.1, 0.15) is 0 Å². The van der Waals surface area contributed by atoms with E-state index in [0.717, 1.165) is 0 Å². The van der Waals surface area contributed by atoms with Crippen LogP contribution in [0.4, 0.5) is 24.5 Å². The summed E-state index contributed by atoms with van der Waals surface area (Å²) < 4.78 is 36.5. The molecule has 0 aliphatic rings. The van der Waals surface area contributed by atoms with Crippen molar-refractivity contribution in [3.8, 4) is 0 Å². The number of halogens is 4. The SMILES string of the molecule is Nc1ccc(Cl)cc1C(=O)c1ccc(NC(=O)C(F)(F)F)cc1. The van der Waals surface area contributed by atoms with Crippen molar-refractivity contribution < 1.29 is 22.8 Å². The lowest BCUT2D eigenvalue weighted by molar-refractivity contribution is -0.167. The van der Waals surface area contributed by atoms with Crippen LogP contribution < -0.4 is 11.1 Å². The minimum Gasteiger partial charge on any atom is -0.398 e. The molecule has 2 aromatic carbocycles. The number of carbonyl (C=O) groups excluding carboxylic acids is 2. The number of amides is 1. The molecular weight excluding hydrogens is 333 g/mol. The molecule has 0 fully saturated rings. The van der Waals surface area contributed by atoms with Crippen LogP contribution in [-0.2, 0) is 4.79 Å². The van der Waals surface area contributed by atoms with Gasteiger partial charge in [0.15, 0.2) is 5.78 Å². The molecule has 120 valence electrons. The number of nitrogens with two attached hydrogens (primary N) is 1. The number of hydrogen-bond donors (Lipinski definition) is 2. The summed E-state index contributed by atoms with van der Waals surface area (Å²) in [6.45, 7) is 0. The molecule has 0 heterocycles. The highest BCUT2D eigenvalue weighted by atomic mass is 35.5. The van der Waals surface area contributed by atoms with Crippen LogP contribution in [0.5, 0.6) is 0 Å². The predicted octanol–water partition coefficient (Wildman–Crippen LogP) is 3.65. The van der Waals surface area contributed by atoms with Gasteiger partial charge in [-0.05, 0) is 42.5 Å². The fourth-order valence-corrected chi connectivity index (χ4v) is 1.96. The largest absolute Gasteiger partial charge is 0.471 e. The average Bonchev–Trinajstić information content (AvgIpc) is 2.49. The Morgan fingerprint density at radius 2 is 1.65 bits per heavy atom. The molecule has 0 bridgehead atoms. The third-order valence-corrected chi connectivity index (χ3v) is 3.16. The van der Waals surface area contributed by atoms with E-state index in [0.29, 0.717) is 5.02 Å². The second-order valence-electron chi connectivity index (χ2n) is 4.59. The zero-order chi connectivity index (χ0) is 17.2. The highest BCUT2D eigenvalue weighted by molar-refractivity contribution is 6.31. The Balaban J connectivity index is 2.21. The molecule has 0 aromatic heterocycles. The molecule has 8 heteroatoms. The van der Waals surface area contributed by atoms with Crippen molar-refractivity contribution >= 4 is 34.7 Å². The van der Waals surface area contributed by atoms with Gasteiger partial charge in [-0.3, -0.25) is 9.59 Å². The molecule has 0 saturated carbocycles. The summed E-state index contributed by atoms with van der Waals surface area (Å²) in [5.41, 5.74) is 6.24. The monoisotopic (exact) mass is 342 g/mol. The van der Waals surface area contributed by atoms with Crippen molar-refractivity contribution in [2.45, 2.75) is 6.18 Å². The van der Waals surface area contributed by atoms with Crippen LogP contribution in [0.15, 0.2) is 42.5 Å². The van der Waals surface area contributed by atoms with E-state index in [2.05, 4.69) is 0 Å². The molecule has 0 spiro atoms. The van der Waals surface area contributed by atoms with E-state index in [9.17, 15) is 22.8 Å². The molecule has 0 unspecified atom stereocenters. The lowest BCUT2D eigenvalue weighted by atomic mass is 10.0. The Morgan fingerprint density at radius 1 is 1.04 bits per heavy atom. The van der Waals surface area contributed by atoms with Gasteiger partial charge in [0.2, 0.25) is 0 Å². The Bertz CT molecular complexity index is 758. The predicted molar refractivity (Wildman–Crippen MR) is 80.4 cm³/mol. The van der Waals surface area contributed by atoms with Gasteiger partial charge in [-0.15, -0.1) is 0 Å². The topological polar surface area (TPSA) is 72.2 Å². The number of carbonyl (C=O) groups is 2. The van der Waals surface area contributed by atoms with Crippen molar-refractivity contribution in [2.24, 2.45) is 0 Å². The lowest BCUT2D eigenvalue weighted by Crippen LogP contribution is -2.29. The smallest absolute Gasteiger partial charge is 0.398 e. The van der Waals surface area contributed by atoms with Gasteiger partial charge in [-0.1, -0.05) is 11.6 Å². The molecular formula is C15H10ClF3N2O2. The first kappa shape index (κ1) is 16.8. The van der Waals surface area contributed by atoms with E-state index < -0.39 is 17.9 Å². The Labute approximate surface area is 134 Å². The van der Waals surface area contributed by atoms with Gasteiger partial charge in [-0.2, -0.15) is 13.2 Å². The highest BCUT2D eigenvalue weighted by Gasteiger charge is 2.38. The van der Waals surface area contributed by atoms with Crippen LogP contribution in [0.3, 0.4) is 0 Å². The Morgan fingerprint density at radius 3 is 2.22 bits per heavy atom. The van der Waals surface area contributed by atoms with Crippen LogP contribution in [0.25, 0.3) is 0 Å². The van der Waals surface area contributed by atoms with E-state index in [-0.39, 0.29) is 22.5 Å². The van der Waals surface area contributed by atoms with Crippen LogP contribution in [-0.4, -0.2) is 17.9 Å². The zero-order valence-electron chi connectivity index (χ0n) is 11.4. The standard InChI is InChI=1S/C15H10ClF3N2O2/c16-9-3-6-12(20)11(7-9)13(22)8-1-4-10(5-2-8)21-14(23)15(17,18)19/h1-7H,20H2,(H,21,23). The van der Waals surface area contributed by atoms with Crippen molar-refractivity contribution in [2.75, 3.05) is 11.1 Å². The van der Waals surface area contributed by atoms with Crippen LogP contribution in [0, 0.1) is 0 Å². The molecule has 2 aromatic rings. The number of benzene rings is 2. The first-order valence-electron chi connectivity index (χ1n) is 6.26. The summed E-state index contributed by atoms with van der Waals surface area (Å²) in [6, 6.07) is 9.37. The fraction of sp³-hybridized carbons (Fsp3) is 0.0667. The zero-order valence-corrected chi connectivity index (χ0v) is 12.2. The second kappa shape index (κ2) is 6.29. The molecule has 3 N–H and O–H groups in total. The van der Waals surface area contributed by atoms with E-state index in [1.807, 2.05) is 0 Å². The van der Waals surface area contributed by atoms with E-state index in [1.165, 1.54) is 42.5 Å². The molecule has 0 aliphatic carbocycles. The maximum Gasteiger partial charge on any atom is 0.471 e. The Hall–Kier alpha value is -2.54. The minimum absolute atomic E-state index is 0.0806. The van der Waals surface area contributed by atoms with E-state index in [4.69, 9.17) is 17.3 Å². The number of hydrogen-bond acceptors (Lipinski definition) is 3. The average molecular weight is 343 g/mol. The number of nitrogen functional groups attached to an aromatic ring is 1. The molecule has 1 amide bonds. The lowest BCUT2D eigenvalue weighted by Gasteiger charge is -2.09. The normalized spacial score (nSPS) is 11.1. The number of nitrogens with one attached hydrogen (secondary N) is 1. The van der Waals surface area contributed by atoms with Crippen molar-refractivity contribution in [1.29, 1.82) is 0 Å². The van der Waals surface area contributed by atoms with E-state index in [1.54, 1.807) is 5.32 Å². The van der Waals surface area contributed by atoms with Crippen molar-refractivity contribution in [1.82, 2.24) is 0 Å². The highest BCUT2D eigenvalue weighted by Crippen LogP contribution is 2.23. The van der Waals surface area contributed by atoms with Crippen LogP contribution in [0.2, 0.25) is 5.02 Å². The quantitative estimate of drug-likeness (QED) is 0.660. The number of alkyl halides is 3. The summed E-state index contributed by atoms with van der Waals surface area (Å²) in [5, 5.41) is 2.02. The van der Waals surface area contributed by atoms with Gasteiger partial charge in [0.05, 0.1) is 0 Å². The number of ketones is 1. The summed E-state index contributed by atoms with van der Waals surface area (Å²) in [7, 11) is 0. The third-order valence-electron chi connectivity index (χ3n) is 2.92. The maximum absolute atomic E-state index is 12.3. The molecule has 2 rings (SSSR count). The Kier molecular flexibility index (Phi) is 4.60. The maximum atomic E-state index is 12.3. The van der Waals surface area contributed by atoms with Gasteiger partial charge in [-0.25, -0.2) is 0 Å². The molecule has 23 heavy (non-hydrogen) atoms. The van der Waals surface area contributed by atoms with Crippen molar-refractivity contribution in [3.05, 3.63) is 58.6 Å². The van der Waals surface area contributed by atoms with Crippen molar-refractivity contribution in [3.63, 3.8) is 0 Å². The molecule has 0 atom stereocenters. The first-order valence-corrected chi connectivity index (χ1v) is 6.64. The summed E-state index contributed by atoms with van der Waals surface area (Å²) >= 11 is 5.81. The van der Waals surface area contributed by atoms with Gasteiger partial charge in [0, 0.05) is 27.5 Å². The molecule has 4 nitrogen and oxygen atoms in total. The number of anilines is 2. The second-order valence-corrected chi connectivity index (χ2v) is 5.03. The van der Waals surface area contributed by atoms with Gasteiger partial charge in [0.25, 0.3) is 0 Å². The third kappa shape index (κ3) is 4.01. The van der Waals surface area contributed by atoms with Gasteiger partial charge < -0.3 is 11.1 Å². The van der Waals surface area contributed by atoms with E-state index >= 15 is 0 Å².